The molecule has 17 heavy (non-hydrogen) atoms. The molecule has 3 heteroatoms. The van der Waals surface area contributed by atoms with Crippen LogP contribution >= 0.6 is 11.6 Å². The Bertz CT molecular complexity index is 578. The van der Waals surface area contributed by atoms with E-state index in [2.05, 4.69) is 0 Å². The first kappa shape index (κ1) is 11.7. The lowest BCUT2D eigenvalue weighted by atomic mass is 10.0. The zero-order valence-corrected chi connectivity index (χ0v) is 10.2. The van der Waals surface area contributed by atoms with Crippen molar-refractivity contribution in [3.05, 3.63) is 64.2 Å². The van der Waals surface area contributed by atoms with Gasteiger partial charge in [-0.3, -0.25) is 4.79 Å². The third-order valence-corrected chi connectivity index (χ3v) is 2.85. The summed E-state index contributed by atoms with van der Waals surface area (Å²) in [7, 11) is 0. The number of carbonyl (C=O) groups excluding carboxylic acids is 1. The first-order valence-electron chi connectivity index (χ1n) is 5.24. The average Bonchev–Trinajstić information content (AvgIpc) is 2.32. The summed E-state index contributed by atoms with van der Waals surface area (Å²) in [6, 6.07) is 12.2. The summed E-state index contributed by atoms with van der Waals surface area (Å²) in [4.78, 5) is 12.2. The van der Waals surface area contributed by atoms with Crippen molar-refractivity contribution in [1.29, 1.82) is 0 Å². The van der Waals surface area contributed by atoms with Crippen LogP contribution in [0.15, 0.2) is 42.5 Å². The first-order chi connectivity index (χ1) is 8.08. The molecule has 0 bridgehead atoms. The van der Waals surface area contributed by atoms with E-state index < -0.39 is 0 Å². The van der Waals surface area contributed by atoms with E-state index in [-0.39, 0.29) is 5.78 Å². The summed E-state index contributed by atoms with van der Waals surface area (Å²) in [5.41, 5.74) is 8.52. The molecule has 0 aliphatic carbocycles. The number of hydrogen-bond acceptors (Lipinski definition) is 2. The molecule has 0 aliphatic heterocycles. The smallest absolute Gasteiger partial charge is 0.193 e. The maximum atomic E-state index is 12.2. The molecule has 2 aromatic rings. The molecule has 0 radical (unpaired) electrons. The van der Waals surface area contributed by atoms with Crippen LogP contribution in [0.3, 0.4) is 0 Å². The number of carbonyl (C=O) groups is 1. The number of hydrogen-bond donors (Lipinski definition) is 1. The summed E-state index contributed by atoms with van der Waals surface area (Å²) >= 11 is 5.86. The second-order valence-corrected chi connectivity index (χ2v) is 4.35. The van der Waals surface area contributed by atoms with Gasteiger partial charge in [-0.1, -0.05) is 23.7 Å². The molecule has 2 rings (SSSR count). The molecular weight excluding hydrogens is 234 g/mol. The Kier molecular flexibility index (Phi) is 3.16. The van der Waals surface area contributed by atoms with Crippen LogP contribution in [0.1, 0.15) is 21.5 Å². The van der Waals surface area contributed by atoms with Crippen LogP contribution in [0.2, 0.25) is 5.02 Å². The van der Waals surface area contributed by atoms with Gasteiger partial charge in [-0.05, 0) is 42.8 Å². The van der Waals surface area contributed by atoms with Crippen molar-refractivity contribution in [2.45, 2.75) is 6.92 Å². The van der Waals surface area contributed by atoms with Crippen LogP contribution in [-0.2, 0) is 0 Å². The largest absolute Gasteiger partial charge is 0.399 e. The molecule has 86 valence electrons. The summed E-state index contributed by atoms with van der Waals surface area (Å²) in [5.74, 6) is -0.0457. The number of nitrogens with two attached hydrogens (primary N) is 1. The minimum atomic E-state index is -0.0457. The van der Waals surface area contributed by atoms with Crippen molar-refractivity contribution >= 4 is 23.1 Å². The van der Waals surface area contributed by atoms with E-state index in [9.17, 15) is 4.79 Å². The highest BCUT2D eigenvalue weighted by Crippen LogP contribution is 2.18. The molecular formula is C14H12ClNO. The van der Waals surface area contributed by atoms with Gasteiger partial charge in [0.15, 0.2) is 5.78 Å². The third kappa shape index (κ3) is 2.48. The molecule has 2 aromatic carbocycles. The molecule has 0 atom stereocenters. The molecule has 0 aliphatic rings. The number of halogens is 1. The minimum absolute atomic E-state index is 0.0457. The van der Waals surface area contributed by atoms with Crippen LogP contribution in [0.25, 0.3) is 0 Å². The molecule has 2 N–H and O–H groups in total. The first-order valence-corrected chi connectivity index (χ1v) is 5.62. The van der Waals surface area contributed by atoms with Crippen molar-refractivity contribution in [3.63, 3.8) is 0 Å². The van der Waals surface area contributed by atoms with Gasteiger partial charge in [-0.25, -0.2) is 0 Å². The Balaban J connectivity index is 2.40. The van der Waals surface area contributed by atoms with E-state index in [4.69, 9.17) is 17.3 Å². The second kappa shape index (κ2) is 4.60. The standard InChI is InChI=1S/C14H12ClNO/c1-9-7-11(5-6-13(9)16)14(17)10-3-2-4-12(15)8-10/h2-8H,16H2,1H3. The molecule has 0 amide bonds. The number of anilines is 1. The predicted octanol–water partition coefficient (Wildman–Crippen LogP) is 3.46. The lowest BCUT2D eigenvalue weighted by Gasteiger charge is -2.05. The van der Waals surface area contributed by atoms with Gasteiger partial charge < -0.3 is 5.73 Å². The normalized spacial score (nSPS) is 10.2. The van der Waals surface area contributed by atoms with Crippen LogP contribution in [0.4, 0.5) is 5.69 Å². The van der Waals surface area contributed by atoms with Crippen LogP contribution in [0, 0.1) is 6.92 Å². The van der Waals surface area contributed by atoms with Gasteiger partial charge in [0, 0.05) is 21.8 Å². The summed E-state index contributed by atoms with van der Waals surface area (Å²) in [6.45, 7) is 1.88. The molecule has 0 spiro atoms. The fourth-order valence-electron chi connectivity index (χ4n) is 1.61. The van der Waals surface area contributed by atoms with E-state index >= 15 is 0 Å². The molecule has 0 saturated carbocycles. The van der Waals surface area contributed by atoms with Gasteiger partial charge in [-0.15, -0.1) is 0 Å². The van der Waals surface area contributed by atoms with Gasteiger partial charge in [-0.2, -0.15) is 0 Å². The van der Waals surface area contributed by atoms with Gasteiger partial charge in [0.05, 0.1) is 0 Å². The third-order valence-electron chi connectivity index (χ3n) is 2.62. The number of rotatable bonds is 2. The Morgan fingerprint density at radius 3 is 2.47 bits per heavy atom. The molecule has 0 unspecified atom stereocenters. The summed E-state index contributed by atoms with van der Waals surface area (Å²) < 4.78 is 0. The highest BCUT2D eigenvalue weighted by molar-refractivity contribution is 6.31. The lowest BCUT2D eigenvalue weighted by molar-refractivity contribution is 0.103. The monoisotopic (exact) mass is 245 g/mol. The Hall–Kier alpha value is -1.80. The van der Waals surface area contributed by atoms with Crippen LogP contribution < -0.4 is 5.73 Å². The van der Waals surface area contributed by atoms with Gasteiger partial charge in [0.25, 0.3) is 0 Å². The molecule has 0 aromatic heterocycles. The number of ketones is 1. The van der Waals surface area contributed by atoms with Gasteiger partial charge in [0.1, 0.15) is 0 Å². The molecule has 0 fully saturated rings. The van der Waals surface area contributed by atoms with E-state index in [1.54, 1.807) is 42.5 Å². The summed E-state index contributed by atoms with van der Waals surface area (Å²) in [5, 5.41) is 0.558. The highest BCUT2D eigenvalue weighted by Gasteiger charge is 2.10. The predicted molar refractivity (Wildman–Crippen MR) is 70.5 cm³/mol. The topological polar surface area (TPSA) is 43.1 Å². The number of nitrogen functional groups attached to an aromatic ring is 1. The number of aryl methyl sites for hydroxylation is 1. The van der Waals surface area contributed by atoms with Crippen molar-refractivity contribution in [2.24, 2.45) is 0 Å². The van der Waals surface area contributed by atoms with Crippen molar-refractivity contribution < 1.29 is 4.79 Å². The van der Waals surface area contributed by atoms with Crippen molar-refractivity contribution in [1.82, 2.24) is 0 Å². The van der Waals surface area contributed by atoms with E-state index in [0.29, 0.717) is 21.8 Å². The quantitative estimate of drug-likeness (QED) is 0.650. The van der Waals surface area contributed by atoms with Crippen molar-refractivity contribution in [3.8, 4) is 0 Å². The molecule has 0 heterocycles. The highest BCUT2D eigenvalue weighted by atomic mass is 35.5. The van der Waals surface area contributed by atoms with Crippen LogP contribution in [-0.4, -0.2) is 5.78 Å². The molecule has 0 saturated heterocycles. The van der Waals surface area contributed by atoms with Crippen LogP contribution in [0.5, 0.6) is 0 Å². The van der Waals surface area contributed by atoms with Gasteiger partial charge in [0.2, 0.25) is 0 Å². The maximum absolute atomic E-state index is 12.2. The van der Waals surface area contributed by atoms with Crippen molar-refractivity contribution in [2.75, 3.05) is 5.73 Å². The second-order valence-electron chi connectivity index (χ2n) is 3.91. The Labute approximate surface area is 105 Å². The molecule has 2 nitrogen and oxygen atoms in total. The zero-order valence-electron chi connectivity index (χ0n) is 9.41. The minimum Gasteiger partial charge on any atom is -0.399 e. The average molecular weight is 246 g/mol. The number of benzene rings is 2. The maximum Gasteiger partial charge on any atom is 0.193 e. The zero-order chi connectivity index (χ0) is 12.4. The van der Waals surface area contributed by atoms with E-state index in [1.807, 2.05) is 6.92 Å². The summed E-state index contributed by atoms with van der Waals surface area (Å²) in [6.07, 6.45) is 0. The van der Waals surface area contributed by atoms with E-state index in [1.165, 1.54) is 0 Å². The SMILES string of the molecule is Cc1cc(C(=O)c2cccc(Cl)c2)ccc1N. The lowest BCUT2D eigenvalue weighted by Crippen LogP contribution is -2.02. The van der Waals surface area contributed by atoms with E-state index in [0.717, 1.165) is 5.56 Å². The Morgan fingerprint density at radius 2 is 1.82 bits per heavy atom. The fraction of sp³-hybridized carbons (Fsp3) is 0.0714. The van der Waals surface area contributed by atoms with Gasteiger partial charge >= 0.3 is 0 Å². The Morgan fingerprint density at radius 1 is 1.12 bits per heavy atom. The fourth-order valence-corrected chi connectivity index (χ4v) is 1.80.